The Morgan fingerprint density at radius 2 is 2.21 bits per heavy atom. The van der Waals surface area contributed by atoms with Crippen molar-refractivity contribution in [2.24, 2.45) is 5.41 Å². The molecule has 0 aliphatic carbocycles. The summed E-state index contributed by atoms with van der Waals surface area (Å²) in [7, 11) is 0. The molecule has 1 N–H and O–H groups in total. The van der Waals surface area contributed by atoms with Gasteiger partial charge in [-0.3, -0.25) is 4.79 Å². The average Bonchev–Trinajstić information content (AvgIpc) is 2.96. The van der Waals surface area contributed by atoms with Gasteiger partial charge >= 0.3 is 0 Å². The van der Waals surface area contributed by atoms with Crippen molar-refractivity contribution in [1.29, 1.82) is 0 Å². The summed E-state index contributed by atoms with van der Waals surface area (Å²) in [5.41, 5.74) is 1.91. The third-order valence-electron chi connectivity index (χ3n) is 4.61. The molecule has 0 bridgehead atoms. The lowest BCUT2D eigenvalue weighted by Crippen LogP contribution is -2.46. The van der Waals surface area contributed by atoms with Crippen LogP contribution in [0.15, 0.2) is 30.3 Å². The minimum Gasteiger partial charge on any atom is -0.396 e. The van der Waals surface area contributed by atoms with Gasteiger partial charge in [-0.1, -0.05) is 24.6 Å². The molecule has 1 fully saturated rings. The Morgan fingerprint density at radius 1 is 1.42 bits per heavy atom. The van der Waals surface area contributed by atoms with E-state index in [0.717, 1.165) is 24.2 Å². The summed E-state index contributed by atoms with van der Waals surface area (Å²) in [6.45, 7) is 5.29. The summed E-state index contributed by atoms with van der Waals surface area (Å²) in [5.74, 6) is -0.0850. The number of nitrogens with zero attached hydrogens (tertiary/aromatic N) is 3. The Bertz CT molecular complexity index is 758. The van der Waals surface area contributed by atoms with Gasteiger partial charge in [0.15, 0.2) is 5.69 Å². The lowest BCUT2D eigenvalue weighted by atomic mass is 9.83. The largest absolute Gasteiger partial charge is 0.396 e. The number of halogens is 1. The molecular weight excluding hydrogens is 326 g/mol. The Hall–Kier alpha value is -1.85. The molecule has 3 rings (SSSR count). The zero-order valence-corrected chi connectivity index (χ0v) is 14.8. The Kier molecular flexibility index (Phi) is 4.65. The molecule has 6 heteroatoms. The van der Waals surface area contributed by atoms with Crippen LogP contribution in [0, 0.1) is 12.3 Å². The van der Waals surface area contributed by atoms with Crippen LogP contribution in [-0.2, 0) is 0 Å². The summed E-state index contributed by atoms with van der Waals surface area (Å²) in [6.07, 6.45) is 1.83. The number of benzene rings is 1. The zero-order valence-electron chi connectivity index (χ0n) is 14.0. The number of aryl methyl sites for hydroxylation is 1. The number of likely N-dealkylation sites (tertiary alicyclic amines) is 1. The topological polar surface area (TPSA) is 58.4 Å². The molecule has 0 radical (unpaired) electrons. The van der Waals surface area contributed by atoms with Crippen molar-refractivity contribution in [3.63, 3.8) is 0 Å². The molecule has 1 aliphatic heterocycles. The van der Waals surface area contributed by atoms with Gasteiger partial charge in [0.25, 0.3) is 5.91 Å². The maximum absolute atomic E-state index is 12.8. The van der Waals surface area contributed by atoms with Crippen molar-refractivity contribution in [1.82, 2.24) is 14.7 Å². The van der Waals surface area contributed by atoms with E-state index in [1.54, 1.807) is 21.7 Å². The first-order chi connectivity index (χ1) is 11.4. The number of aliphatic hydroxyl groups is 1. The molecule has 0 spiro atoms. The zero-order chi connectivity index (χ0) is 17.3. The van der Waals surface area contributed by atoms with Gasteiger partial charge < -0.3 is 10.0 Å². The van der Waals surface area contributed by atoms with E-state index in [1.165, 1.54) is 0 Å². The van der Waals surface area contributed by atoms with E-state index in [-0.39, 0.29) is 17.9 Å². The smallest absolute Gasteiger partial charge is 0.274 e. The van der Waals surface area contributed by atoms with Crippen LogP contribution in [0.1, 0.15) is 35.9 Å². The molecule has 2 heterocycles. The third-order valence-corrected chi connectivity index (χ3v) is 4.84. The van der Waals surface area contributed by atoms with E-state index in [2.05, 4.69) is 5.10 Å². The molecule has 5 nitrogen and oxygen atoms in total. The predicted octanol–water partition coefficient (Wildman–Crippen LogP) is 3.07. The highest BCUT2D eigenvalue weighted by Gasteiger charge is 2.33. The van der Waals surface area contributed by atoms with Gasteiger partial charge in [-0.25, -0.2) is 4.68 Å². The number of amides is 1. The highest BCUT2D eigenvalue weighted by molar-refractivity contribution is 6.30. The maximum atomic E-state index is 12.8. The van der Waals surface area contributed by atoms with Crippen molar-refractivity contribution in [2.45, 2.75) is 26.7 Å². The minimum atomic E-state index is -0.224. The summed E-state index contributed by atoms with van der Waals surface area (Å²) in [5, 5.41) is 14.7. The monoisotopic (exact) mass is 347 g/mol. The van der Waals surface area contributed by atoms with Crippen LogP contribution >= 0.6 is 11.6 Å². The fraction of sp³-hybridized carbons (Fsp3) is 0.444. The Labute approximate surface area is 146 Å². The number of piperidine rings is 1. The minimum absolute atomic E-state index is 0.0850. The molecule has 0 unspecified atom stereocenters. The van der Waals surface area contributed by atoms with Crippen molar-refractivity contribution >= 4 is 17.5 Å². The molecule has 128 valence electrons. The molecule has 2 aromatic rings. The van der Waals surface area contributed by atoms with E-state index >= 15 is 0 Å². The summed E-state index contributed by atoms with van der Waals surface area (Å²) < 4.78 is 1.73. The number of aromatic nitrogens is 2. The van der Waals surface area contributed by atoms with Gasteiger partial charge in [0.2, 0.25) is 0 Å². The van der Waals surface area contributed by atoms with E-state index in [1.807, 2.05) is 32.0 Å². The molecule has 1 aromatic heterocycles. The standard InChI is InChI=1S/C18H22ClN3O2/c1-13-9-16(20-22(13)15-6-3-5-14(19)10-15)17(24)21-8-4-7-18(2,11-21)12-23/h3,5-6,9-10,23H,4,7-8,11-12H2,1-2H3/t18-/m1/s1. The molecule has 1 aromatic carbocycles. The molecule has 0 saturated carbocycles. The SMILES string of the molecule is Cc1cc(C(=O)N2CCC[C@@](C)(CO)C2)nn1-c1cccc(Cl)c1. The third kappa shape index (κ3) is 3.32. The molecule has 24 heavy (non-hydrogen) atoms. The van der Waals surface area contributed by atoms with Crippen LogP contribution in [0.25, 0.3) is 5.69 Å². The summed E-state index contributed by atoms with van der Waals surface area (Å²) >= 11 is 6.05. The molecule has 1 aliphatic rings. The highest BCUT2D eigenvalue weighted by atomic mass is 35.5. The lowest BCUT2D eigenvalue weighted by molar-refractivity contribution is 0.0353. The molecule has 1 saturated heterocycles. The van der Waals surface area contributed by atoms with Crippen LogP contribution in [0.3, 0.4) is 0 Å². The van der Waals surface area contributed by atoms with E-state index < -0.39 is 0 Å². The highest BCUT2D eigenvalue weighted by Crippen LogP contribution is 2.29. The lowest BCUT2D eigenvalue weighted by Gasteiger charge is -2.39. The van der Waals surface area contributed by atoms with Crippen molar-refractivity contribution in [3.05, 3.63) is 46.7 Å². The number of carbonyl (C=O) groups excluding carboxylic acids is 1. The molecule has 1 amide bonds. The molecular formula is C18H22ClN3O2. The first-order valence-electron chi connectivity index (χ1n) is 8.15. The van der Waals surface area contributed by atoms with Gasteiger partial charge in [0, 0.05) is 29.2 Å². The number of hydrogen-bond donors (Lipinski definition) is 1. The molecule has 1 atom stereocenters. The Balaban J connectivity index is 1.85. The number of rotatable bonds is 3. The number of carbonyl (C=O) groups is 1. The van der Waals surface area contributed by atoms with Gasteiger partial charge in [-0.2, -0.15) is 5.10 Å². The number of aliphatic hydroxyl groups excluding tert-OH is 1. The van der Waals surface area contributed by atoms with Gasteiger partial charge in [-0.05, 0) is 44.0 Å². The second-order valence-corrected chi connectivity index (χ2v) is 7.30. The van der Waals surface area contributed by atoms with Gasteiger partial charge in [0.1, 0.15) is 0 Å². The average molecular weight is 348 g/mol. The van der Waals surface area contributed by atoms with Gasteiger partial charge in [-0.15, -0.1) is 0 Å². The van der Waals surface area contributed by atoms with Crippen molar-refractivity contribution in [3.8, 4) is 5.69 Å². The normalized spacial score (nSPS) is 21.1. The fourth-order valence-electron chi connectivity index (χ4n) is 3.23. The quantitative estimate of drug-likeness (QED) is 0.928. The first-order valence-corrected chi connectivity index (χ1v) is 8.52. The second-order valence-electron chi connectivity index (χ2n) is 6.86. The van der Waals surface area contributed by atoms with Crippen LogP contribution in [0.2, 0.25) is 5.02 Å². The second kappa shape index (κ2) is 6.57. The van der Waals surface area contributed by atoms with Gasteiger partial charge in [0.05, 0.1) is 12.3 Å². The fourth-order valence-corrected chi connectivity index (χ4v) is 3.41. The van der Waals surface area contributed by atoms with Crippen molar-refractivity contribution in [2.75, 3.05) is 19.7 Å². The predicted molar refractivity (Wildman–Crippen MR) is 93.6 cm³/mol. The van der Waals surface area contributed by atoms with Crippen LogP contribution < -0.4 is 0 Å². The summed E-state index contributed by atoms with van der Waals surface area (Å²) in [6, 6.07) is 9.19. The van der Waals surface area contributed by atoms with E-state index in [0.29, 0.717) is 23.8 Å². The van der Waals surface area contributed by atoms with Crippen LogP contribution in [0.4, 0.5) is 0 Å². The van der Waals surface area contributed by atoms with Crippen molar-refractivity contribution < 1.29 is 9.90 Å². The Morgan fingerprint density at radius 3 is 2.92 bits per heavy atom. The van der Waals surface area contributed by atoms with E-state index in [9.17, 15) is 9.90 Å². The van der Waals surface area contributed by atoms with Crippen LogP contribution in [-0.4, -0.2) is 45.4 Å². The first kappa shape index (κ1) is 17.0. The number of hydrogen-bond acceptors (Lipinski definition) is 3. The van der Waals surface area contributed by atoms with E-state index in [4.69, 9.17) is 11.6 Å². The van der Waals surface area contributed by atoms with Crippen LogP contribution in [0.5, 0.6) is 0 Å². The maximum Gasteiger partial charge on any atom is 0.274 e. The summed E-state index contributed by atoms with van der Waals surface area (Å²) in [4.78, 5) is 14.6.